The zero-order valence-electron chi connectivity index (χ0n) is 20.3. The summed E-state index contributed by atoms with van der Waals surface area (Å²) in [6.07, 6.45) is 6.33. The van der Waals surface area contributed by atoms with Crippen molar-refractivity contribution in [3.8, 4) is 28.7 Å². The number of hydrogen-bond donors (Lipinski definition) is 2. The number of methoxy groups -OCH3 is 1. The molecule has 194 valence electrons. The minimum atomic E-state index is -0.402. The van der Waals surface area contributed by atoms with Crippen LogP contribution in [-0.2, 0) is 0 Å². The highest BCUT2D eigenvalue weighted by molar-refractivity contribution is 7.18. The molecule has 4 aromatic heterocycles. The molecule has 1 aromatic carbocycles. The lowest BCUT2D eigenvalue weighted by Gasteiger charge is -2.32. The van der Waals surface area contributed by atoms with Crippen LogP contribution in [0.2, 0.25) is 4.34 Å². The van der Waals surface area contributed by atoms with Crippen LogP contribution in [0.4, 0.5) is 4.39 Å². The fourth-order valence-electron chi connectivity index (χ4n) is 5.04. The van der Waals surface area contributed by atoms with Gasteiger partial charge in [0.15, 0.2) is 5.82 Å². The van der Waals surface area contributed by atoms with Gasteiger partial charge in [0.25, 0.3) is 5.91 Å². The van der Waals surface area contributed by atoms with Crippen molar-refractivity contribution in [2.45, 2.75) is 37.8 Å². The van der Waals surface area contributed by atoms with Gasteiger partial charge >= 0.3 is 0 Å². The van der Waals surface area contributed by atoms with Gasteiger partial charge in [0.1, 0.15) is 34.9 Å². The van der Waals surface area contributed by atoms with E-state index in [-0.39, 0.29) is 18.0 Å². The van der Waals surface area contributed by atoms with Gasteiger partial charge in [-0.1, -0.05) is 11.6 Å². The highest BCUT2D eigenvalue weighted by Crippen LogP contribution is 2.38. The first-order chi connectivity index (χ1) is 18.5. The number of aromatic amines is 1. The molecular formula is C26H23ClFN7O2S. The van der Waals surface area contributed by atoms with Gasteiger partial charge in [-0.25, -0.2) is 14.4 Å². The summed E-state index contributed by atoms with van der Waals surface area (Å²) in [5, 5.41) is 9.93. The number of fused-ring (bicyclic) bond motifs is 1. The van der Waals surface area contributed by atoms with Gasteiger partial charge in [-0.3, -0.25) is 14.9 Å². The minimum Gasteiger partial charge on any atom is -0.497 e. The summed E-state index contributed by atoms with van der Waals surface area (Å²) in [6, 6.07) is 9.85. The van der Waals surface area contributed by atoms with Crippen LogP contribution in [0.5, 0.6) is 5.75 Å². The van der Waals surface area contributed by atoms with Gasteiger partial charge in [-0.15, -0.1) is 11.3 Å². The summed E-state index contributed by atoms with van der Waals surface area (Å²) >= 11 is 7.28. The second-order valence-corrected chi connectivity index (χ2v) is 10.9. The van der Waals surface area contributed by atoms with E-state index in [4.69, 9.17) is 21.3 Å². The molecule has 2 atom stereocenters. The fourth-order valence-corrected chi connectivity index (χ4v) is 5.99. The monoisotopic (exact) mass is 551 g/mol. The smallest absolute Gasteiger partial charge is 0.261 e. The third-order valence-corrected chi connectivity index (χ3v) is 8.02. The summed E-state index contributed by atoms with van der Waals surface area (Å²) < 4.78 is 23.2. The number of aromatic nitrogens is 6. The Morgan fingerprint density at radius 3 is 2.89 bits per heavy atom. The largest absolute Gasteiger partial charge is 0.497 e. The van der Waals surface area contributed by atoms with Crippen molar-refractivity contribution in [3.63, 3.8) is 0 Å². The fraction of sp³-hybridized carbons (Fsp3) is 0.269. The molecule has 38 heavy (non-hydrogen) atoms. The van der Waals surface area contributed by atoms with Gasteiger partial charge < -0.3 is 14.6 Å². The number of amides is 1. The standard InChI is InChI=1S/C26H23ClFN7O2S/c1-37-16-5-6-18(28)17(10-16)25-33-20-12-29-19(24-30-13-31-34-24)11-21(20)35(25)15-4-2-3-14(9-15)32-26(36)22-7-8-23(27)38-22/h5-8,10-15H,2-4,9H2,1H3,(H,32,36)(H,30,31,34)/t14-,15+/m0/s1. The Hall–Kier alpha value is -3.83. The Bertz CT molecular complexity index is 1620. The minimum absolute atomic E-state index is 0.0449. The maximum absolute atomic E-state index is 15.2. The number of nitrogens with zero attached hydrogens (tertiary/aromatic N) is 5. The van der Waals surface area contributed by atoms with Gasteiger partial charge in [-0.2, -0.15) is 5.10 Å². The van der Waals surface area contributed by atoms with Crippen molar-refractivity contribution in [2.24, 2.45) is 0 Å². The van der Waals surface area contributed by atoms with Crippen LogP contribution in [0.15, 0.2) is 48.9 Å². The van der Waals surface area contributed by atoms with Gasteiger partial charge in [0.05, 0.1) is 33.6 Å². The second-order valence-electron chi connectivity index (χ2n) is 9.14. The Morgan fingerprint density at radius 1 is 1.24 bits per heavy atom. The van der Waals surface area contributed by atoms with Crippen molar-refractivity contribution >= 4 is 39.9 Å². The molecule has 0 bridgehead atoms. The van der Waals surface area contributed by atoms with Gasteiger partial charge in [0.2, 0.25) is 0 Å². The van der Waals surface area contributed by atoms with Crippen molar-refractivity contribution in [2.75, 3.05) is 7.11 Å². The molecular weight excluding hydrogens is 529 g/mol. The SMILES string of the molecule is COc1ccc(F)c(-c2nc3cnc(-c4ncn[nH]4)cc3n2[C@@H]2CCC[C@H](NC(=O)c3ccc(Cl)s3)C2)c1. The molecule has 0 aliphatic heterocycles. The first kappa shape index (κ1) is 24.5. The molecule has 1 aliphatic carbocycles. The topological polar surface area (TPSA) is 111 Å². The Labute approximate surface area is 226 Å². The number of nitrogens with one attached hydrogen (secondary N) is 2. The highest BCUT2D eigenvalue weighted by atomic mass is 35.5. The van der Waals surface area contributed by atoms with Crippen molar-refractivity contribution in [1.29, 1.82) is 0 Å². The molecule has 2 N–H and O–H groups in total. The maximum atomic E-state index is 15.2. The molecule has 12 heteroatoms. The third kappa shape index (κ3) is 4.63. The Balaban J connectivity index is 1.42. The molecule has 5 aromatic rings. The molecule has 9 nitrogen and oxygen atoms in total. The quantitative estimate of drug-likeness (QED) is 0.282. The van der Waals surface area contributed by atoms with Crippen LogP contribution in [0.3, 0.4) is 0 Å². The molecule has 0 radical (unpaired) electrons. The lowest BCUT2D eigenvalue weighted by atomic mass is 9.90. The lowest BCUT2D eigenvalue weighted by Crippen LogP contribution is -2.38. The molecule has 1 saturated carbocycles. The normalized spacial score (nSPS) is 17.6. The molecule has 4 heterocycles. The number of imidazole rings is 1. The molecule has 6 rings (SSSR count). The van der Waals surface area contributed by atoms with E-state index in [0.717, 1.165) is 24.8 Å². The van der Waals surface area contributed by atoms with Gasteiger partial charge in [0, 0.05) is 12.1 Å². The highest BCUT2D eigenvalue weighted by Gasteiger charge is 2.29. The second kappa shape index (κ2) is 10.1. The third-order valence-electron chi connectivity index (χ3n) is 6.79. The number of benzene rings is 1. The summed E-state index contributed by atoms with van der Waals surface area (Å²) in [7, 11) is 1.54. The summed E-state index contributed by atoms with van der Waals surface area (Å²) in [5.74, 6) is 0.996. The number of ether oxygens (including phenoxy) is 1. The summed E-state index contributed by atoms with van der Waals surface area (Å²) in [6.45, 7) is 0. The first-order valence-electron chi connectivity index (χ1n) is 12.1. The average Bonchev–Trinajstić information content (AvgIpc) is 3.69. The van der Waals surface area contributed by atoms with E-state index in [9.17, 15) is 4.79 Å². The number of rotatable bonds is 6. The molecule has 1 fully saturated rings. The predicted octanol–water partition coefficient (Wildman–Crippen LogP) is 5.66. The number of carbonyl (C=O) groups is 1. The van der Waals surface area contributed by atoms with Crippen LogP contribution in [0.1, 0.15) is 41.4 Å². The van der Waals surface area contributed by atoms with Crippen molar-refractivity contribution in [1.82, 2.24) is 35.0 Å². The molecule has 0 spiro atoms. The predicted molar refractivity (Wildman–Crippen MR) is 143 cm³/mol. The number of pyridine rings is 1. The number of carbonyl (C=O) groups excluding carboxylic acids is 1. The van der Waals surface area contributed by atoms with E-state index in [1.165, 1.54) is 23.7 Å². The lowest BCUT2D eigenvalue weighted by molar-refractivity contribution is 0.0925. The molecule has 0 unspecified atom stereocenters. The number of hydrogen-bond acceptors (Lipinski definition) is 7. The van der Waals surface area contributed by atoms with Crippen LogP contribution in [0, 0.1) is 5.82 Å². The van der Waals surface area contributed by atoms with Crippen LogP contribution < -0.4 is 10.1 Å². The van der Waals surface area contributed by atoms with E-state index < -0.39 is 5.82 Å². The average molecular weight is 552 g/mol. The summed E-state index contributed by atoms with van der Waals surface area (Å²) in [5.41, 5.74) is 2.36. The number of thiophene rings is 1. The first-order valence-corrected chi connectivity index (χ1v) is 13.3. The molecule has 1 aliphatic rings. The van der Waals surface area contributed by atoms with E-state index in [0.29, 0.717) is 49.8 Å². The van der Waals surface area contributed by atoms with Crippen molar-refractivity contribution < 1.29 is 13.9 Å². The van der Waals surface area contributed by atoms with E-state index >= 15 is 4.39 Å². The van der Waals surface area contributed by atoms with E-state index in [1.807, 2.05) is 6.07 Å². The zero-order valence-corrected chi connectivity index (χ0v) is 21.9. The number of H-pyrrole nitrogens is 1. The van der Waals surface area contributed by atoms with Crippen LogP contribution in [-0.4, -0.2) is 48.8 Å². The molecule has 1 amide bonds. The van der Waals surface area contributed by atoms with E-state index in [1.54, 1.807) is 37.6 Å². The Kier molecular flexibility index (Phi) is 6.54. The maximum Gasteiger partial charge on any atom is 0.261 e. The van der Waals surface area contributed by atoms with Crippen LogP contribution >= 0.6 is 22.9 Å². The van der Waals surface area contributed by atoms with Gasteiger partial charge in [-0.05, 0) is 62.1 Å². The van der Waals surface area contributed by atoms with E-state index in [2.05, 4.69) is 30.0 Å². The molecule has 0 saturated heterocycles. The number of halogens is 2. The van der Waals surface area contributed by atoms with Crippen LogP contribution in [0.25, 0.3) is 33.9 Å². The zero-order chi connectivity index (χ0) is 26.2. The summed E-state index contributed by atoms with van der Waals surface area (Å²) in [4.78, 5) is 26.9. The van der Waals surface area contributed by atoms with Crippen molar-refractivity contribution in [3.05, 3.63) is 64.0 Å². The Morgan fingerprint density at radius 2 is 2.13 bits per heavy atom.